The van der Waals surface area contributed by atoms with Crippen molar-refractivity contribution >= 4 is 11.3 Å². The number of hydrogen-bond donors (Lipinski definition) is 1. The number of fused-ring (bicyclic) bond motifs is 1. The zero-order valence-electron chi connectivity index (χ0n) is 14.3. The van der Waals surface area contributed by atoms with Gasteiger partial charge < -0.3 is 5.73 Å². The van der Waals surface area contributed by atoms with Crippen LogP contribution in [0.25, 0.3) is 0 Å². The van der Waals surface area contributed by atoms with Gasteiger partial charge in [-0.3, -0.25) is 4.90 Å². The van der Waals surface area contributed by atoms with Crippen molar-refractivity contribution in [1.82, 2.24) is 4.90 Å². The third-order valence-electron chi connectivity index (χ3n) is 5.25. The van der Waals surface area contributed by atoms with Crippen molar-refractivity contribution in [3.05, 3.63) is 44.8 Å². The first-order chi connectivity index (χ1) is 12.0. The molecule has 2 aliphatic rings. The fraction of sp³-hybridized carbons (Fsp3) is 0.421. The Morgan fingerprint density at radius 3 is 2.56 bits per heavy atom. The molecule has 0 unspecified atom stereocenters. The average Bonchev–Trinajstić information content (AvgIpc) is 3.06. The zero-order valence-corrected chi connectivity index (χ0v) is 15.1. The molecule has 0 amide bonds. The van der Waals surface area contributed by atoms with Crippen LogP contribution < -0.4 is 5.73 Å². The highest BCUT2D eigenvalue weighted by Gasteiger charge is 2.54. The van der Waals surface area contributed by atoms with Crippen LogP contribution in [0.4, 0.5) is 0 Å². The average molecular weight is 349 g/mol. The molecule has 0 radical (unpaired) electrons. The Bertz CT molecular complexity index is 872. The standard InChI is InChI=1S/C19H19N5S/c1-3-24-7-6-13-14(8-20)18(23)19(10-21,11-22)17(15(13)9-24)16-5-4-12(2)25-16/h4-6,15,17H,3,7,9,23H2,1-2H3/t15-,17+/m0/s1. The van der Waals surface area contributed by atoms with Gasteiger partial charge in [-0.25, -0.2) is 0 Å². The lowest BCUT2D eigenvalue weighted by Gasteiger charge is -2.45. The third kappa shape index (κ3) is 2.45. The van der Waals surface area contributed by atoms with Gasteiger partial charge >= 0.3 is 0 Å². The molecule has 0 aromatic carbocycles. The van der Waals surface area contributed by atoms with Crippen LogP contribution in [0.2, 0.25) is 0 Å². The van der Waals surface area contributed by atoms with Crippen molar-refractivity contribution < 1.29 is 0 Å². The molecule has 5 nitrogen and oxygen atoms in total. The molecule has 6 heteroatoms. The van der Waals surface area contributed by atoms with Gasteiger partial charge in [0.15, 0.2) is 5.41 Å². The number of hydrogen-bond acceptors (Lipinski definition) is 6. The SMILES string of the molecule is CCN1CC=C2C(C#N)=C(N)C(C#N)(C#N)[C@@H](c3ccc(C)s3)[C@H]2C1. The Kier molecular flexibility index (Phi) is 4.39. The normalized spacial score (nSPS) is 25.3. The van der Waals surface area contributed by atoms with E-state index in [1.807, 2.05) is 25.1 Å². The number of rotatable bonds is 2. The zero-order chi connectivity index (χ0) is 18.2. The number of aryl methyl sites for hydroxylation is 1. The van der Waals surface area contributed by atoms with E-state index in [1.165, 1.54) is 0 Å². The molecule has 126 valence electrons. The quantitative estimate of drug-likeness (QED) is 0.885. The van der Waals surface area contributed by atoms with Crippen LogP contribution in [0.1, 0.15) is 22.6 Å². The van der Waals surface area contributed by atoms with E-state index in [9.17, 15) is 15.8 Å². The molecule has 0 spiro atoms. The van der Waals surface area contributed by atoms with Crippen LogP contribution in [-0.2, 0) is 0 Å². The first-order valence-electron chi connectivity index (χ1n) is 8.24. The summed E-state index contributed by atoms with van der Waals surface area (Å²) < 4.78 is 0. The Morgan fingerprint density at radius 1 is 1.32 bits per heavy atom. The Labute approximate surface area is 151 Å². The van der Waals surface area contributed by atoms with Gasteiger partial charge in [0.05, 0.1) is 23.4 Å². The molecule has 0 fully saturated rings. The minimum Gasteiger partial charge on any atom is -0.399 e. The second-order valence-corrected chi connectivity index (χ2v) is 7.80. The van der Waals surface area contributed by atoms with E-state index >= 15 is 0 Å². The fourth-order valence-electron chi connectivity index (χ4n) is 3.92. The molecular formula is C19H19N5S. The van der Waals surface area contributed by atoms with Crippen molar-refractivity contribution in [1.29, 1.82) is 15.8 Å². The smallest absolute Gasteiger partial charge is 0.192 e. The van der Waals surface area contributed by atoms with Crippen molar-refractivity contribution in [3.8, 4) is 18.2 Å². The Hall–Kier alpha value is -2.59. The molecular weight excluding hydrogens is 330 g/mol. The molecule has 25 heavy (non-hydrogen) atoms. The Balaban J connectivity index is 2.30. The molecule has 2 atom stereocenters. The van der Waals surface area contributed by atoms with Gasteiger partial charge in [0.1, 0.15) is 6.07 Å². The van der Waals surface area contributed by atoms with Crippen molar-refractivity contribution in [3.63, 3.8) is 0 Å². The van der Waals surface area contributed by atoms with Crippen LogP contribution in [0.5, 0.6) is 0 Å². The summed E-state index contributed by atoms with van der Waals surface area (Å²) in [5.41, 5.74) is 6.05. The summed E-state index contributed by atoms with van der Waals surface area (Å²) in [6.45, 7) is 6.44. The number of nitrogens with two attached hydrogens (primary N) is 1. The van der Waals surface area contributed by atoms with Gasteiger partial charge in [-0.05, 0) is 31.2 Å². The molecule has 0 bridgehead atoms. The summed E-state index contributed by atoms with van der Waals surface area (Å²) >= 11 is 1.59. The fourth-order valence-corrected chi connectivity index (χ4v) is 5.04. The van der Waals surface area contributed by atoms with E-state index in [2.05, 4.69) is 30.0 Å². The number of allylic oxidation sites excluding steroid dienone is 2. The molecule has 0 saturated carbocycles. The third-order valence-corrected chi connectivity index (χ3v) is 6.34. The van der Waals surface area contributed by atoms with Crippen LogP contribution in [0.15, 0.2) is 35.1 Å². The first-order valence-corrected chi connectivity index (χ1v) is 9.06. The second-order valence-electron chi connectivity index (χ2n) is 6.48. The first kappa shape index (κ1) is 17.2. The molecule has 0 saturated heterocycles. The maximum Gasteiger partial charge on any atom is 0.192 e. The van der Waals surface area contributed by atoms with Crippen molar-refractivity contribution in [2.75, 3.05) is 19.6 Å². The second kappa shape index (κ2) is 6.37. The van der Waals surface area contributed by atoms with Crippen LogP contribution in [0.3, 0.4) is 0 Å². The number of thiophene rings is 1. The van der Waals surface area contributed by atoms with Gasteiger partial charge in [0, 0.05) is 34.7 Å². The summed E-state index contributed by atoms with van der Waals surface area (Å²) in [6, 6.07) is 10.5. The van der Waals surface area contributed by atoms with E-state index in [0.717, 1.165) is 28.4 Å². The van der Waals surface area contributed by atoms with Crippen LogP contribution in [-0.4, -0.2) is 24.5 Å². The number of nitriles is 3. The minimum absolute atomic E-state index is 0.0898. The predicted octanol–water partition coefficient (Wildman–Crippen LogP) is 2.80. The molecule has 1 aromatic rings. The van der Waals surface area contributed by atoms with E-state index in [-0.39, 0.29) is 17.5 Å². The highest BCUT2D eigenvalue weighted by atomic mass is 32.1. The molecule has 1 aliphatic heterocycles. The van der Waals surface area contributed by atoms with Crippen LogP contribution in [0, 0.1) is 52.2 Å². The summed E-state index contributed by atoms with van der Waals surface area (Å²) in [6.07, 6.45) is 2.04. The van der Waals surface area contributed by atoms with Gasteiger partial charge in [-0.2, -0.15) is 15.8 Å². The van der Waals surface area contributed by atoms with Gasteiger partial charge in [0.2, 0.25) is 0 Å². The lowest BCUT2D eigenvalue weighted by atomic mass is 9.59. The topological polar surface area (TPSA) is 101 Å². The lowest BCUT2D eigenvalue weighted by Crippen LogP contribution is -2.47. The number of likely N-dealkylation sites (N-methyl/N-ethyl adjacent to an activating group) is 1. The molecule has 3 rings (SSSR count). The molecule has 2 heterocycles. The maximum atomic E-state index is 9.95. The Morgan fingerprint density at radius 2 is 2.04 bits per heavy atom. The van der Waals surface area contributed by atoms with E-state index < -0.39 is 5.41 Å². The van der Waals surface area contributed by atoms with Crippen molar-refractivity contribution in [2.45, 2.75) is 19.8 Å². The highest BCUT2D eigenvalue weighted by molar-refractivity contribution is 7.12. The summed E-state index contributed by atoms with van der Waals surface area (Å²) in [4.78, 5) is 4.37. The van der Waals surface area contributed by atoms with E-state index in [0.29, 0.717) is 12.1 Å². The molecule has 1 aliphatic carbocycles. The van der Waals surface area contributed by atoms with E-state index in [1.54, 1.807) is 11.3 Å². The van der Waals surface area contributed by atoms with E-state index in [4.69, 9.17) is 5.73 Å². The summed E-state index contributed by atoms with van der Waals surface area (Å²) in [5.74, 6) is -0.452. The summed E-state index contributed by atoms with van der Waals surface area (Å²) in [7, 11) is 0. The maximum absolute atomic E-state index is 9.95. The number of nitrogens with zero attached hydrogens (tertiary/aromatic N) is 4. The molecule has 1 aromatic heterocycles. The van der Waals surface area contributed by atoms with Crippen LogP contribution >= 0.6 is 11.3 Å². The minimum atomic E-state index is -1.51. The lowest BCUT2D eigenvalue weighted by molar-refractivity contribution is 0.216. The largest absolute Gasteiger partial charge is 0.399 e. The van der Waals surface area contributed by atoms with Gasteiger partial charge in [0.25, 0.3) is 0 Å². The van der Waals surface area contributed by atoms with Gasteiger partial charge in [-0.1, -0.05) is 13.0 Å². The summed E-state index contributed by atoms with van der Waals surface area (Å²) in [5, 5.41) is 29.6. The van der Waals surface area contributed by atoms with Crippen molar-refractivity contribution in [2.24, 2.45) is 17.1 Å². The highest BCUT2D eigenvalue weighted by Crippen LogP contribution is 2.55. The predicted molar refractivity (Wildman–Crippen MR) is 96.0 cm³/mol. The van der Waals surface area contributed by atoms with Gasteiger partial charge in [-0.15, -0.1) is 11.3 Å². The monoisotopic (exact) mass is 349 g/mol. The molecule has 2 N–H and O–H groups in total.